The second-order valence-corrected chi connectivity index (χ2v) is 8.86. The number of unbranched alkanes of at least 4 members (excludes halogenated alkanes) is 1. The molecule has 0 saturated carbocycles. The van der Waals surface area contributed by atoms with Crippen LogP contribution < -0.4 is 11.2 Å². The second-order valence-electron chi connectivity index (χ2n) is 7.48. The van der Waals surface area contributed by atoms with Gasteiger partial charge in [0.15, 0.2) is 16.3 Å². The molecule has 0 bridgehead atoms. The zero-order chi connectivity index (χ0) is 22.8. The van der Waals surface area contributed by atoms with Crippen LogP contribution in [0.15, 0.2) is 32.9 Å². The number of methoxy groups -OCH3 is 1. The molecule has 3 aromatic heterocycles. The van der Waals surface area contributed by atoms with Gasteiger partial charge in [0, 0.05) is 32.3 Å². The normalized spacial score (nSPS) is 11.8. The Balaban J connectivity index is 1.71. The maximum Gasteiger partial charge on any atom is 0.330 e. The summed E-state index contributed by atoms with van der Waals surface area (Å²) < 4.78 is 10.7. The number of fused-ring (bicyclic) bond motifs is 2. The maximum atomic E-state index is 12.5. The van der Waals surface area contributed by atoms with Gasteiger partial charge in [-0.25, -0.2) is 14.8 Å². The van der Waals surface area contributed by atoms with Crippen molar-refractivity contribution < 1.29 is 4.74 Å². The molecule has 1 N–H and O–H groups in total. The van der Waals surface area contributed by atoms with Crippen LogP contribution in [0.2, 0.25) is 5.02 Å². The molecule has 170 valence electrons. The number of H-pyrrole nitrogens is 1. The summed E-state index contributed by atoms with van der Waals surface area (Å²) in [6.07, 6.45) is 1.76. The SMILES string of the molecule is CCCCn1c(=O)[nH]c(=O)c2c1nc(CSc1nc3cc(Cl)ccc3n1CCOC)n2C. The minimum atomic E-state index is -0.425. The Morgan fingerprint density at radius 3 is 2.75 bits per heavy atom. The average molecular weight is 477 g/mol. The summed E-state index contributed by atoms with van der Waals surface area (Å²) in [7, 11) is 3.46. The lowest BCUT2D eigenvalue weighted by molar-refractivity contribution is 0.186. The van der Waals surface area contributed by atoms with Crippen molar-refractivity contribution in [1.82, 2.24) is 28.7 Å². The van der Waals surface area contributed by atoms with Gasteiger partial charge in [0.25, 0.3) is 5.56 Å². The summed E-state index contributed by atoms with van der Waals surface area (Å²) in [4.78, 5) is 36.6. The van der Waals surface area contributed by atoms with Gasteiger partial charge in [-0.3, -0.25) is 14.3 Å². The van der Waals surface area contributed by atoms with Crippen LogP contribution in [0.3, 0.4) is 0 Å². The molecule has 0 fully saturated rings. The number of aryl methyl sites for hydroxylation is 2. The summed E-state index contributed by atoms with van der Waals surface area (Å²) in [5.41, 5.74) is 1.76. The Labute approximate surface area is 193 Å². The van der Waals surface area contributed by atoms with Gasteiger partial charge in [-0.1, -0.05) is 36.7 Å². The molecule has 0 saturated heterocycles. The van der Waals surface area contributed by atoms with Crippen molar-refractivity contribution >= 4 is 45.6 Å². The van der Waals surface area contributed by atoms with Crippen LogP contribution in [0.1, 0.15) is 25.6 Å². The van der Waals surface area contributed by atoms with E-state index >= 15 is 0 Å². The molecule has 0 unspecified atom stereocenters. The molecule has 9 nitrogen and oxygen atoms in total. The minimum Gasteiger partial charge on any atom is -0.383 e. The van der Waals surface area contributed by atoms with E-state index in [1.54, 1.807) is 23.3 Å². The monoisotopic (exact) mass is 476 g/mol. The number of ether oxygens (including phenoxy) is 1. The fourth-order valence-corrected chi connectivity index (χ4v) is 4.85. The van der Waals surface area contributed by atoms with E-state index in [9.17, 15) is 9.59 Å². The van der Waals surface area contributed by atoms with Crippen LogP contribution in [0.4, 0.5) is 0 Å². The topological polar surface area (TPSA) is 99.7 Å². The predicted octanol–water partition coefficient (Wildman–Crippen LogP) is 3.17. The van der Waals surface area contributed by atoms with E-state index in [4.69, 9.17) is 21.3 Å². The molecule has 1 aromatic carbocycles. The van der Waals surface area contributed by atoms with Crippen LogP contribution in [0, 0.1) is 0 Å². The summed E-state index contributed by atoms with van der Waals surface area (Å²) in [6.45, 7) is 3.76. The highest BCUT2D eigenvalue weighted by molar-refractivity contribution is 7.98. The van der Waals surface area contributed by atoms with Crippen molar-refractivity contribution in [3.05, 3.63) is 49.9 Å². The van der Waals surface area contributed by atoms with E-state index in [0.29, 0.717) is 47.5 Å². The quantitative estimate of drug-likeness (QED) is 0.372. The molecule has 4 rings (SSSR count). The highest BCUT2D eigenvalue weighted by atomic mass is 35.5. The number of nitrogens with one attached hydrogen (secondary N) is 1. The van der Waals surface area contributed by atoms with Crippen molar-refractivity contribution in [3.8, 4) is 0 Å². The van der Waals surface area contributed by atoms with Crippen molar-refractivity contribution in [1.29, 1.82) is 0 Å². The predicted molar refractivity (Wildman–Crippen MR) is 127 cm³/mol. The van der Waals surface area contributed by atoms with Crippen LogP contribution in [0.5, 0.6) is 0 Å². The first-order valence-electron chi connectivity index (χ1n) is 10.4. The standard InChI is InChI=1S/C21H25ClN6O3S/c1-4-5-8-28-18-17(19(29)25-20(28)30)26(2)16(24-18)12-32-21-23-14-11-13(22)6-7-15(14)27(21)9-10-31-3/h6-7,11H,4-5,8-10,12H2,1-3H3,(H,25,29,30). The highest BCUT2D eigenvalue weighted by Crippen LogP contribution is 2.28. The molecule has 0 aliphatic heterocycles. The zero-order valence-corrected chi connectivity index (χ0v) is 19.8. The van der Waals surface area contributed by atoms with Gasteiger partial charge in [-0.2, -0.15) is 0 Å². The van der Waals surface area contributed by atoms with Gasteiger partial charge in [0.2, 0.25) is 0 Å². The van der Waals surface area contributed by atoms with Crippen LogP contribution in [0.25, 0.3) is 22.2 Å². The molecule has 0 aliphatic carbocycles. The molecule has 0 aliphatic rings. The molecule has 32 heavy (non-hydrogen) atoms. The van der Waals surface area contributed by atoms with E-state index < -0.39 is 11.2 Å². The first-order chi connectivity index (χ1) is 15.4. The molecule has 0 amide bonds. The number of rotatable bonds is 9. The zero-order valence-electron chi connectivity index (χ0n) is 18.2. The van der Waals surface area contributed by atoms with Crippen LogP contribution in [-0.2, 0) is 30.6 Å². The number of imidazole rings is 2. The van der Waals surface area contributed by atoms with Gasteiger partial charge in [0.1, 0.15) is 5.82 Å². The largest absolute Gasteiger partial charge is 0.383 e. The molecule has 3 heterocycles. The third kappa shape index (κ3) is 4.22. The number of thioether (sulfide) groups is 1. The van der Waals surface area contributed by atoms with Gasteiger partial charge in [0.05, 0.1) is 23.4 Å². The molecule has 0 radical (unpaired) electrons. The van der Waals surface area contributed by atoms with Crippen LogP contribution in [-0.4, -0.2) is 42.4 Å². The lowest BCUT2D eigenvalue weighted by atomic mass is 10.3. The van der Waals surface area contributed by atoms with Gasteiger partial charge >= 0.3 is 5.69 Å². The number of benzene rings is 1. The molecule has 0 spiro atoms. The number of aromatic amines is 1. The summed E-state index contributed by atoms with van der Waals surface area (Å²) in [6, 6.07) is 5.63. The Morgan fingerprint density at radius 2 is 2.00 bits per heavy atom. The molecule has 11 heteroatoms. The first-order valence-corrected chi connectivity index (χ1v) is 11.8. The Hall–Kier alpha value is -2.56. The first kappa shape index (κ1) is 22.6. The minimum absolute atomic E-state index is 0.399. The van der Waals surface area contributed by atoms with Gasteiger partial charge in [-0.15, -0.1) is 0 Å². The summed E-state index contributed by atoms with van der Waals surface area (Å²) in [5, 5.41) is 1.44. The number of hydrogen-bond acceptors (Lipinski definition) is 6. The lowest BCUT2D eigenvalue weighted by Gasteiger charge is -2.08. The Kier molecular flexibility index (Phi) is 6.73. The number of nitrogens with zero attached hydrogens (tertiary/aromatic N) is 5. The van der Waals surface area contributed by atoms with Crippen LogP contribution >= 0.6 is 23.4 Å². The number of halogens is 1. The molecular weight excluding hydrogens is 452 g/mol. The van der Waals surface area contributed by atoms with E-state index in [1.165, 1.54) is 11.8 Å². The van der Waals surface area contributed by atoms with Gasteiger partial charge < -0.3 is 13.9 Å². The van der Waals surface area contributed by atoms with E-state index in [2.05, 4.69) is 21.5 Å². The Morgan fingerprint density at radius 1 is 1.19 bits per heavy atom. The molecule has 0 atom stereocenters. The van der Waals surface area contributed by atoms with Crippen molar-refractivity contribution in [2.45, 2.75) is 43.8 Å². The average Bonchev–Trinajstić information content (AvgIpc) is 3.27. The van der Waals surface area contributed by atoms with Crippen molar-refractivity contribution in [3.63, 3.8) is 0 Å². The number of hydrogen-bond donors (Lipinski definition) is 1. The van der Waals surface area contributed by atoms with E-state index in [0.717, 1.165) is 29.0 Å². The van der Waals surface area contributed by atoms with Crippen molar-refractivity contribution in [2.75, 3.05) is 13.7 Å². The van der Waals surface area contributed by atoms with Gasteiger partial charge in [-0.05, 0) is 24.6 Å². The molecule has 4 aromatic rings. The fraction of sp³-hybridized carbons (Fsp3) is 0.429. The smallest absolute Gasteiger partial charge is 0.330 e. The fourth-order valence-electron chi connectivity index (χ4n) is 3.66. The second kappa shape index (κ2) is 9.51. The highest BCUT2D eigenvalue weighted by Gasteiger charge is 2.18. The third-order valence-corrected chi connectivity index (χ3v) is 6.57. The number of aromatic nitrogens is 6. The maximum absolute atomic E-state index is 12.5. The summed E-state index contributed by atoms with van der Waals surface area (Å²) in [5.74, 6) is 1.17. The summed E-state index contributed by atoms with van der Waals surface area (Å²) >= 11 is 7.66. The Bertz CT molecular complexity index is 1390. The molecular formula is C21H25ClN6O3S. The van der Waals surface area contributed by atoms with E-state index in [1.807, 2.05) is 18.2 Å². The third-order valence-electron chi connectivity index (χ3n) is 5.37. The van der Waals surface area contributed by atoms with E-state index in [-0.39, 0.29) is 0 Å². The lowest BCUT2D eigenvalue weighted by Crippen LogP contribution is -2.31. The van der Waals surface area contributed by atoms with Crippen molar-refractivity contribution in [2.24, 2.45) is 7.05 Å².